The van der Waals surface area contributed by atoms with Gasteiger partial charge in [-0.15, -0.1) is 5.10 Å². The maximum Gasteiger partial charge on any atom is 0.275 e. The minimum absolute atomic E-state index is 0.0790. The van der Waals surface area contributed by atoms with E-state index in [-0.39, 0.29) is 30.9 Å². The van der Waals surface area contributed by atoms with E-state index in [4.69, 9.17) is 0 Å². The van der Waals surface area contributed by atoms with Crippen molar-refractivity contribution in [3.8, 4) is 0 Å². The topological polar surface area (TPSA) is 93.0 Å². The highest BCUT2D eigenvalue weighted by molar-refractivity contribution is 5.93. The summed E-state index contributed by atoms with van der Waals surface area (Å²) in [5.74, 6) is -1.83. The highest BCUT2D eigenvalue weighted by Gasteiger charge is 2.37. The molecule has 0 spiro atoms. The summed E-state index contributed by atoms with van der Waals surface area (Å²) >= 11 is 0. The Balaban J connectivity index is 1.41. The van der Waals surface area contributed by atoms with Crippen LogP contribution in [0.1, 0.15) is 33.0 Å². The van der Waals surface area contributed by atoms with Crippen molar-refractivity contribution in [3.63, 3.8) is 0 Å². The van der Waals surface area contributed by atoms with Crippen molar-refractivity contribution < 1.29 is 18.4 Å². The molecule has 1 saturated heterocycles. The quantitative estimate of drug-likeness (QED) is 0.651. The van der Waals surface area contributed by atoms with Crippen LogP contribution in [-0.2, 0) is 13.1 Å². The average Bonchev–Trinajstić information content (AvgIpc) is 3.39. The summed E-state index contributed by atoms with van der Waals surface area (Å²) in [6, 6.07) is 11.4. The second-order valence-electron chi connectivity index (χ2n) is 7.27. The van der Waals surface area contributed by atoms with E-state index < -0.39 is 29.8 Å². The van der Waals surface area contributed by atoms with E-state index in [2.05, 4.69) is 20.6 Å². The first-order valence-electron chi connectivity index (χ1n) is 9.79. The number of halogens is 2. The lowest BCUT2D eigenvalue weighted by Crippen LogP contribution is -2.39. The third kappa shape index (κ3) is 4.73. The molecule has 0 radical (unpaired) electrons. The lowest BCUT2D eigenvalue weighted by Gasteiger charge is -2.23. The van der Waals surface area contributed by atoms with E-state index in [9.17, 15) is 18.4 Å². The molecule has 1 N–H and O–H groups in total. The van der Waals surface area contributed by atoms with E-state index >= 15 is 0 Å². The number of benzene rings is 1. The maximum absolute atomic E-state index is 14.1. The Morgan fingerprint density at radius 1 is 1.16 bits per heavy atom. The van der Waals surface area contributed by atoms with Gasteiger partial charge in [0.05, 0.1) is 25.3 Å². The Morgan fingerprint density at radius 3 is 2.74 bits per heavy atom. The van der Waals surface area contributed by atoms with Gasteiger partial charge in [0, 0.05) is 19.2 Å². The van der Waals surface area contributed by atoms with E-state index in [0.29, 0.717) is 6.54 Å². The molecule has 0 unspecified atom stereocenters. The standard InChI is InChI=1S/C21H20F2N6O2/c22-15-9-16(29(11-15)21(31)19-17(23)7-4-8-24-19)12-28-13-18(26-27-28)20(30)25-10-14-5-2-1-3-6-14/h1-8,13,15-16H,9-12H2,(H,25,30)/t15-,16-/m0/s1. The van der Waals surface area contributed by atoms with Crippen LogP contribution < -0.4 is 5.32 Å². The first-order valence-corrected chi connectivity index (χ1v) is 9.79. The van der Waals surface area contributed by atoms with Gasteiger partial charge >= 0.3 is 0 Å². The zero-order chi connectivity index (χ0) is 21.8. The minimum Gasteiger partial charge on any atom is -0.347 e. The van der Waals surface area contributed by atoms with Crippen LogP contribution in [0.15, 0.2) is 54.9 Å². The molecule has 1 fully saturated rings. The van der Waals surface area contributed by atoms with Gasteiger partial charge in [-0.1, -0.05) is 35.5 Å². The normalized spacial score (nSPS) is 18.2. The molecule has 2 aromatic heterocycles. The van der Waals surface area contributed by atoms with Crippen molar-refractivity contribution in [1.29, 1.82) is 0 Å². The summed E-state index contributed by atoms with van der Waals surface area (Å²) in [5, 5.41) is 10.5. The predicted molar refractivity (Wildman–Crippen MR) is 106 cm³/mol. The number of aromatic nitrogens is 4. The van der Waals surface area contributed by atoms with E-state index in [0.717, 1.165) is 11.6 Å². The SMILES string of the molecule is O=C(NCc1ccccc1)c1cn(C[C@@H]2C[C@H](F)CN2C(=O)c2ncccc2F)nn1. The number of carbonyl (C=O) groups excluding carboxylic acids is 2. The lowest BCUT2D eigenvalue weighted by molar-refractivity contribution is 0.0703. The van der Waals surface area contributed by atoms with Gasteiger partial charge < -0.3 is 10.2 Å². The van der Waals surface area contributed by atoms with Crippen molar-refractivity contribution in [1.82, 2.24) is 30.2 Å². The van der Waals surface area contributed by atoms with E-state index in [1.54, 1.807) is 0 Å². The third-order valence-electron chi connectivity index (χ3n) is 5.05. The number of amides is 2. The maximum atomic E-state index is 14.1. The van der Waals surface area contributed by atoms with Crippen LogP contribution in [0.3, 0.4) is 0 Å². The Bertz CT molecular complexity index is 1070. The summed E-state index contributed by atoms with van der Waals surface area (Å²) in [6.45, 7) is 0.314. The zero-order valence-corrected chi connectivity index (χ0v) is 16.5. The number of nitrogens with zero attached hydrogens (tertiary/aromatic N) is 5. The second-order valence-corrected chi connectivity index (χ2v) is 7.27. The smallest absolute Gasteiger partial charge is 0.275 e. The van der Waals surface area contributed by atoms with Gasteiger partial charge in [0.25, 0.3) is 11.8 Å². The highest BCUT2D eigenvalue weighted by Crippen LogP contribution is 2.24. The number of hydrogen-bond acceptors (Lipinski definition) is 5. The molecule has 0 saturated carbocycles. The van der Waals surface area contributed by atoms with Crippen LogP contribution in [0.5, 0.6) is 0 Å². The van der Waals surface area contributed by atoms with Gasteiger partial charge in [-0.3, -0.25) is 9.59 Å². The predicted octanol–water partition coefficient (Wildman–Crippen LogP) is 2.00. The highest BCUT2D eigenvalue weighted by atomic mass is 19.1. The number of hydrogen-bond donors (Lipinski definition) is 1. The van der Waals surface area contributed by atoms with Gasteiger partial charge in [-0.2, -0.15) is 0 Å². The summed E-state index contributed by atoms with van der Waals surface area (Å²) < 4.78 is 29.4. The number of pyridine rings is 1. The molecule has 0 bridgehead atoms. The number of nitrogens with one attached hydrogen (secondary N) is 1. The van der Waals surface area contributed by atoms with Gasteiger partial charge in [0.2, 0.25) is 0 Å². The minimum atomic E-state index is -1.24. The molecule has 160 valence electrons. The molecule has 31 heavy (non-hydrogen) atoms. The molecule has 3 aromatic rings. The van der Waals surface area contributed by atoms with Gasteiger partial charge in [-0.05, 0) is 17.7 Å². The Kier molecular flexibility index (Phi) is 5.96. The number of rotatable bonds is 6. The molecule has 0 aliphatic carbocycles. The molecule has 3 heterocycles. The molecule has 2 amide bonds. The fraction of sp³-hybridized carbons (Fsp3) is 0.286. The fourth-order valence-electron chi connectivity index (χ4n) is 3.54. The Labute approximate surface area is 176 Å². The van der Waals surface area contributed by atoms with E-state index in [1.807, 2.05) is 30.3 Å². The monoisotopic (exact) mass is 426 g/mol. The van der Waals surface area contributed by atoms with Crippen molar-refractivity contribution in [2.24, 2.45) is 0 Å². The number of likely N-dealkylation sites (tertiary alicyclic amines) is 1. The van der Waals surface area contributed by atoms with Crippen molar-refractivity contribution in [2.45, 2.75) is 31.7 Å². The first kappa shape index (κ1) is 20.6. The fourth-order valence-corrected chi connectivity index (χ4v) is 3.54. The average molecular weight is 426 g/mol. The summed E-state index contributed by atoms with van der Waals surface area (Å²) in [7, 11) is 0. The van der Waals surface area contributed by atoms with E-state index in [1.165, 1.54) is 28.0 Å². The molecule has 4 rings (SSSR count). The molecule has 1 aromatic carbocycles. The molecule has 10 heteroatoms. The van der Waals surface area contributed by atoms with Crippen LogP contribution in [-0.4, -0.2) is 55.5 Å². The van der Waals surface area contributed by atoms with Crippen LogP contribution in [0.2, 0.25) is 0 Å². The van der Waals surface area contributed by atoms with Gasteiger partial charge in [0.1, 0.15) is 6.17 Å². The van der Waals surface area contributed by atoms with Crippen LogP contribution in [0.4, 0.5) is 8.78 Å². The van der Waals surface area contributed by atoms with Gasteiger partial charge in [-0.25, -0.2) is 18.4 Å². The first-order chi connectivity index (χ1) is 15.0. The molecule has 1 aliphatic rings. The molecule has 1 aliphatic heterocycles. The summed E-state index contributed by atoms with van der Waals surface area (Å²) in [6.07, 6.45) is 1.59. The van der Waals surface area contributed by atoms with Crippen LogP contribution in [0, 0.1) is 5.82 Å². The van der Waals surface area contributed by atoms with Crippen molar-refractivity contribution in [2.75, 3.05) is 6.54 Å². The Morgan fingerprint density at radius 2 is 1.97 bits per heavy atom. The zero-order valence-electron chi connectivity index (χ0n) is 16.5. The van der Waals surface area contributed by atoms with Crippen molar-refractivity contribution in [3.05, 3.63) is 77.6 Å². The second kappa shape index (κ2) is 8.99. The summed E-state index contributed by atoms with van der Waals surface area (Å²) in [5.41, 5.74) is 0.708. The largest absolute Gasteiger partial charge is 0.347 e. The summed E-state index contributed by atoms with van der Waals surface area (Å²) in [4.78, 5) is 30.1. The van der Waals surface area contributed by atoms with Crippen LogP contribution in [0.25, 0.3) is 0 Å². The third-order valence-corrected chi connectivity index (χ3v) is 5.05. The molecular weight excluding hydrogens is 406 g/mol. The molecular formula is C21H20F2N6O2. The van der Waals surface area contributed by atoms with Crippen molar-refractivity contribution >= 4 is 11.8 Å². The molecule has 2 atom stereocenters. The number of alkyl halides is 1. The van der Waals surface area contributed by atoms with Crippen LogP contribution >= 0.6 is 0 Å². The van der Waals surface area contributed by atoms with Gasteiger partial charge in [0.15, 0.2) is 17.2 Å². The number of carbonyl (C=O) groups is 2. The Hall–Kier alpha value is -3.69. The lowest BCUT2D eigenvalue weighted by atomic mass is 10.2. The molecule has 8 nitrogen and oxygen atoms in total.